The van der Waals surface area contributed by atoms with Crippen LogP contribution in [0.5, 0.6) is 0 Å². The van der Waals surface area contributed by atoms with E-state index in [2.05, 4.69) is 9.98 Å². The Morgan fingerprint density at radius 3 is 2.20 bits per heavy atom. The summed E-state index contributed by atoms with van der Waals surface area (Å²) < 4.78 is 63.2. The van der Waals surface area contributed by atoms with Crippen LogP contribution in [0.2, 0.25) is 5.02 Å². The second-order valence-electron chi connectivity index (χ2n) is 5.06. The molecule has 2 rings (SSSR count). The molecule has 2 unspecified atom stereocenters. The Bertz CT molecular complexity index is 1110. The maximum absolute atomic E-state index is 11.6. The number of hydrogen-bond donors (Lipinski definition) is 2. The molecule has 1 aromatic rings. The monoisotopic (exact) mass is 406 g/mol. The van der Waals surface area contributed by atoms with Gasteiger partial charge in [-0.05, 0) is 18.6 Å². The summed E-state index contributed by atoms with van der Waals surface area (Å²) in [7, 11) is -9.59. The number of nitrogens with zero attached hydrogens (tertiary/aromatic N) is 3. The number of rotatable bonds is 6. The molecule has 10 nitrogen and oxygen atoms in total. The number of carbonyl (C=O) groups excluding carboxylic acids is 1. The summed E-state index contributed by atoms with van der Waals surface area (Å²) in [5, 5.41) is 6.71. The molecule has 0 fully saturated rings. The molecule has 0 bridgehead atoms. The number of benzene rings is 1. The molecule has 1 radical (unpaired) electrons. The minimum atomic E-state index is -5.01. The van der Waals surface area contributed by atoms with E-state index in [4.69, 9.17) is 21.4 Å². The minimum Gasteiger partial charge on any atom is -0.286 e. The molecule has 133 valence electrons. The summed E-state index contributed by atoms with van der Waals surface area (Å²) in [6.45, 7) is 0. The maximum atomic E-state index is 11.6. The van der Waals surface area contributed by atoms with Crippen LogP contribution in [0.15, 0.2) is 22.1 Å². The zero-order valence-electron chi connectivity index (χ0n) is 12.1. The lowest BCUT2D eigenvalue weighted by atomic mass is 10.1. The first kappa shape index (κ1) is 19.4. The van der Waals surface area contributed by atoms with Crippen LogP contribution in [0.3, 0.4) is 0 Å². The molecule has 2 atom stereocenters. The Labute approximate surface area is 147 Å². The van der Waals surface area contributed by atoms with Gasteiger partial charge in [-0.1, -0.05) is 11.6 Å². The highest BCUT2D eigenvalue weighted by Gasteiger charge is 2.49. The summed E-state index contributed by atoms with van der Waals surface area (Å²) >= 11 is 5.83. The third-order valence-corrected chi connectivity index (χ3v) is 5.71. The van der Waals surface area contributed by atoms with Crippen LogP contribution in [0.25, 0.3) is 0 Å². The summed E-state index contributed by atoms with van der Waals surface area (Å²) in [6, 6.07) is 4.09. The summed E-state index contributed by atoms with van der Waals surface area (Å²) in [5.74, 6) is -1.06. The fourth-order valence-electron chi connectivity index (χ4n) is 2.28. The Balaban J connectivity index is 2.66. The smallest absolute Gasteiger partial charge is 0.272 e. The average molecular weight is 407 g/mol. The summed E-state index contributed by atoms with van der Waals surface area (Å²) in [5.41, 5.74) is -2.50. The second kappa shape index (κ2) is 6.43. The number of halogens is 1. The molecule has 2 N–H and O–H groups in total. The Morgan fingerprint density at radius 1 is 1.20 bits per heavy atom. The van der Waals surface area contributed by atoms with E-state index < -0.39 is 43.3 Å². The van der Waals surface area contributed by atoms with Crippen LogP contribution < -0.4 is 10.7 Å². The predicted molar refractivity (Wildman–Crippen MR) is 83.3 cm³/mol. The molecule has 1 aromatic carbocycles. The molecule has 1 aliphatic rings. The van der Waals surface area contributed by atoms with E-state index in [1.54, 1.807) is 6.07 Å². The van der Waals surface area contributed by atoms with Crippen molar-refractivity contribution in [2.75, 3.05) is 5.75 Å². The molecule has 0 saturated heterocycles. The highest BCUT2D eigenvalue weighted by molar-refractivity contribution is 7.87. The highest BCUT2D eigenvalue weighted by Crippen LogP contribution is 2.26. The lowest BCUT2D eigenvalue weighted by Crippen LogP contribution is -2.46. The molecular formula is C12H9ClN3O7S2. The standard InChI is InChI=1S/C12H9ClN3O7S2/c13-8-4-10-9(3-7(8)5-14)15-12(6-17,16-10)11(25(21,22)23)1-2-24(18,19)20/h3-4,11H,1-2H2,(H,18,19,20)(H,21,22,23). The molecule has 1 aliphatic heterocycles. The second-order valence-corrected chi connectivity index (χ2v) is 8.64. The molecule has 13 heteroatoms. The van der Waals surface area contributed by atoms with E-state index in [0.717, 1.165) is 6.07 Å². The lowest BCUT2D eigenvalue weighted by Gasteiger charge is -2.23. The van der Waals surface area contributed by atoms with Crippen LogP contribution in [0.4, 0.5) is 0 Å². The molecule has 1 heterocycles. The van der Waals surface area contributed by atoms with Gasteiger partial charge in [-0.25, -0.2) is 9.98 Å². The van der Waals surface area contributed by atoms with Crippen molar-refractivity contribution in [2.24, 2.45) is 9.98 Å². The minimum absolute atomic E-state index is 0.0117. The molecular weight excluding hydrogens is 398 g/mol. The fourth-order valence-corrected chi connectivity index (χ4v) is 4.15. The molecule has 25 heavy (non-hydrogen) atoms. The van der Waals surface area contributed by atoms with Crippen molar-refractivity contribution in [3.05, 3.63) is 33.4 Å². The van der Waals surface area contributed by atoms with Gasteiger partial charge >= 0.3 is 0 Å². The highest BCUT2D eigenvalue weighted by atomic mass is 35.5. The van der Waals surface area contributed by atoms with Gasteiger partial charge in [-0.3, -0.25) is 13.9 Å². The first-order valence-corrected chi connectivity index (χ1v) is 9.91. The quantitative estimate of drug-likeness (QED) is 0.554. The van der Waals surface area contributed by atoms with Gasteiger partial charge in [-0.15, -0.1) is 0 Å². The molecule has 0 amide bonds. The van der Waals surface area contributed by atoms with E-state index in [1.807, 2.05) is 0 Å². The molecule has 0 aliphatic carbocycles. The first-order valence-electron chi connectivity index (χ1n) is 6.42. The topological polar surface area (TPSA) is 174 Å². The van der Waals surface area contributed by atoms with E-state index in [0.29, 0.717) is 0 Å². The summed E-state index contributed by atoms with van der Waals surface area (Å²) in [4.78, 5) is 19.1. The van der Waals surface area contributed by atoms with Gasteiger partial charge in [0.05, 0.1) is 27.1 Å². The van der Waals surface area contributed by atoms with E-state index in [9.17, 15) is 26.2 Å². The van der Waals surface area contributed by atoms with Crippen LogP contribution in [-0.4, -0.2) is 48.9 Å². The molecule has 0 spiro atoms. The van der Waals surface area contributed by atoms with Crippen molar-refractivity contribution in [3.63, 3.8) is 0 Å². The third kappa shape index (κ3) is 4.02. The zero-order valence-corrected chi connectivity index (χ0v) is 14.5. The third-order valence-electron chi connectivity index (χ3n) is 3.36. The van der Waals surface area contributed by atoms with Crippen LogP contribution in [-0.2, 0) is 25.0 Å². The van der Waals surface area contributed by atoms with Gasteiger partial charge in [0, 0.05) is 0 Å². The van der Waals surface area contributed by atoms with E-state index >= 15 is 0 Å². The number of fused-ring (bicyclic) bond motifs is 1. The van der Waals surface area contributed by atoms with Crippen LogP contribution in [0.1, 0.15) is 12.0 Å². The van der Waals surface area contributed by atoms with Crippen molar-refractivity contribution >= 4 is 38.1 Å². The molecule has 0 aromatic heterocycles. The maximum Gasteiger partial charge on any atom is 0.272 e. The van der Waals surface area contributed by atoms with Crippen molar-refractivity contribution in [3.8, 4) is 6.07 Å². The largest absolute Gasteiger partial charge is 0.286 e. The Kier molecular flexibility index (Phi) is 4.99. The van der Waals surface area contributed by atoms with Crippen LogP contribution in [0, 0.1) is 11.3 Å². The van der Waals surface area contributed by atoms with Crippen molar-refractivity contribution in [1.82, 2.24) is 0 Å². The van der Waals surface area contributed by atoms with Gasteiger partial charge in [0.25, 0.3) is 26.5 Å². The predicted octanol–water partition coefficient (Wildman–Crippen LogP) is -1.20. The zero-order chi connectivity index (χ0) is 19.0. The van der Waals surface area contributed by atoms with E-state index in [-0.39, 0.29) is 21.3 Å². The van der Waals surface area contributed by atoms with Gasteiger partial charge < -0.3 is 0 Å². The number of hydrogen-bond acceptors (Lipinski definition) is 8. The SMILES string of the molecule is N#Cc1cc2c(cc1Cl)=NC([C]=O)(C(CCS(=O)(=O)O)S(=O)(=O)O)N=2. The van der Waals surface area contributed by atoms with Crippen LogP contribution >= 0.6 is 11.6 Å². The first-order chi connectivity index (χ1) is 11.4. The van der Waals surface area contributed by atoms with Gasteiger partial charge in [0.2, 0.25) is 5.66 Å². The van der Waals surface area contributed by atoms with Crippen molar-refractivity contribution in [2.45, 2.75) is 17.3 Å². The number of nitriles is 1. The van der Waals surface area contributed by atoms with Gasteiger partial charge in [-0.2, -0.15) is 22.1 Å². The van der Waals surface area contributed by atoms with Gasteiger partial charge in [0.1, 0.15) is 11.3 Å². The Hall–Kier alpha value is -1.91. The molecule has 0 saturated carbocycles. The normalized spacial score (nSPS) is 20.7. The van der Waals surface area contributed by atoms with Crippen molar-refractivity contribution < 1.29 is 30.7 Å². The van der Waals surface area contributed by atoms with Crippen molar-refractivity contribution in [1.29, 1.82) is 5.26 Å². The summed E-state index contributed by atoms with van der Waals surface area (Å²) in [6.07, 6.45) is 0.431. The van der Waals surface area contributed by atoms with E-state index in [1.165, 1.54) is 12.4 Å². The average Bonchev–Trinajstić information content (AvgIpc) is 2.82. The fraction of sp³-hybridized carbons (Fsp3) is 0.333. The Morgan fingerprint density at radius 2 is 1.76 bits per heavy atom. The van der Waals surface area contributed by atoms with Gasteiger partial charge in [0.15, 0.2) is 0 Å². The lowest BCUT2D eigenvalue weighted by molar-refractivity contribution is 0.412.